The number of guanidine groups is 1. The maximum atomic E-state index is 11.9. The highest BCUT2D eigenvalue weighted by Gasteiger charge is 2.40. The Hall–Kier alpha value is -2.95. The van der Waals surface area contributed by atoms with E-state index in [-0.39, 0.29) is 17.9 Å². The lowest BCUT2D eigenvalue weighted by Crippen LogP contribution is -2.49. The third-order valence-corrected chi connectivity index (χ3v) is 6.39. The molecule has 2 unspecified atom stereocenters. The van der Waals surface area contributed by atoms with Gasteiger partial charge in [0.25, 0.3) is 0 Å². The van der Waals surface area contributed by atoms with Crippen LogP contribution in [0.25, 0.3) is 0 Å². The molecule has 1 saturated carbocycles. The van der Waals surface area contributed by atoms with Crippen molar-refractivity contribution in [1.82, 2.24) is 15.1 Å². The van der Waals surface area contributed by atoms with Gasteiger partial charge in [-0.15, -0.1) is 0 Å². The zero-order chi connectivity index (χ0) is 20.0. The predicted molar refractivity (Wildman–Crippen MR) is 107 cm³/mol. The predicted octanol–water partition coefficient (Wildman–Crippen LogP) is 1.16. The largest absolute Gasteiger partial charge is 0.495 e. The number of nitriles is 1. The van der Waals surface area contributed by atoms with Crippen LogP contribution in [0.4, 0.5) is 0 Å². The number of aliphatic imine (C=N–C) groups is 1. The molecule has 2 fully saturated rings. The Morgan fingerprint density at radius 3 is 3.00 bits per heavy atom. The number of nitrogens with zero attached hydrogens (tertiary/aromatic N) is 4. The average Bonchev–Trinajstić information content (AvgIpc) is 3.51. The molecule has 0 aromatic heterocycles. The van der Waals surface area contributed by atoms with Crippen LogP contribution in [0.5, 0.6) is 0 Å². The Kier molecular flexibility index (Phi) is 4.46. The summed E-state index contributed by atoms with van der Waals surface area (Å²) in [6, 6.07) is 2.03. The number of rotatable bonds is 4. The first-order valence-electron chi connectivity index (χ1n) is 10.5. The smallest absolute Gasteiger partial charge is 0.240 e. The summed E-state index contributed by atoms with van der Waals surface area (Å²) in [5.74, 6) is 0.946. The Balaban J connectivity index is 1.46. The van der Waals surface area contributed by atoms with Crippen molar-refractivity contribution in [2.75, 3.05) is 26.2 Å². The topological polar surface area (TPSA) is 107 Å². The Morgan fingerprint density at radius 1 is 1.38 bits per heavy atom. The highest BCUT2D eigenvalue weighted by molar-refractivity contribution is 5.87. The van der Waals surface area contributed by atoms with Gasteiger partial charge in [0.05, 0.1) is 23.4 Å². The molecule has 0 aromatic carbocycles. The number of primary amides is 1. The van der Waals surface area contributed by atoms with Crippen LogP contribution in [-0.2, 0) is 9.53 Å². The highest BCUT2D eigenvalue weighted by atomic mass is 16.5. The van der Waals surface area contributed by atoms with E-state index in [0.717, 1.165) is 74.7 Å². The number of amides is 1. The molecule has 0 spiro atoms. The highest BCUT2D eigenvalue weighted by Crippen LogP contribution is 2.39. The van der Waals surface area contributed by atoms with Crippen molar-refractivity contribution in [2.45, 2.75) is 38.1 Å². The summed E-state index contributed by atoms with van der Waals surface area (Å²) in [4.78, 5) is 21.2. The zero-order valence-corrected chi connectivity index (χ0v) is 16.4. The van der Waals surface area contributed by atoms with E-state index in [1.165, 1.54) is 5.57 Å². The molecule has 0 radical (unpaired) electrons. The first kappa shape index (κ1) is 18.1. The minimum Gasteiger partial charge on any atom is -0.495 e. The number of carbonyl (C=O) groups is 1. The number of nitrogens with one attached hydrogen (secondary N) is 1. The van der Waals surface area contributed by atoms with Gasteiger partial charge in [-0.25, -0.2) is 4.99 Å². The van der Waals surface area contributed by atoms with E-state index in [1.807, 2.05) is 6.20 Å². The summed E-state index contributed by atoms with van der Waals surface area (Å²) >= 11 is 0. The van der Waals surface area contributed by atoms with Gasteiger partial charge in [-0.1, -0.05) is 0 Å². The molecule has 8 heteroatoms. The van der Waals surface area contributed by atoms with Crippen LogP contribution >= 0.6 is 0 Å². The van der Waals surface area contributed by atoms with E-state index in [4.69, 9.17) is 15.5 Å². The molecule has 29 heavy (non-hydrogen) atoms. The van der Waals surface area contributed by atoms with Crippen LogP contribution in [0.1, 0.15) is 32.1 Å². The molecule has 4 heterocycles. The van der Waals surface area contributed by atoms with Crippen molar-refractivity contribution >= 4 is 11.9 Å². The van der Waals surface area contributed by atoms with Crippen molar-refractivity contribution in [3.63, 3.8) is 0 Å². The molecule has 8 nitrogen and oxygen atoms in total. The summed E-state index contributed by atoms with van der Waals surface area (Å²) in [5.41, 5.74) is 9.74. The van der Waals surface area contributed by atoms with Gasteiger partial charge in [0.15, 0.2) is 0 Å². The first-order chi connectivity index (χ1) is 14.2. The summed E-state index contributed by atoms with van der Waals surface area (Å²) in [6.07, 6.45) is 8.50. The monoisotopic (exact) mass is 394 g/mol. The fourth-order valence-electron chi connectivity index (χ4n) is 4.73. The number of hydrogen-bond donors (Lipinski definition) is 2. The quantitative estimate of drug-likeness (QED) is 0.741. The molecular formula is C21H26N6O2. The molecule has 4 aliphatic heterocycles. The fraction of sp³-hybridized carbons (Fsp3) is 0.571. The van der Waals surface area contributed by atoms with Crippen LogP contribution in [0, 0.1) is 23.2 Å². The molecular weight excluding hydrogens is 368 g/mol. The van der Waals surface area contributed by atoms with Crippen LogP contribution in [0.15, 0.2) is 40.0 Å². The van der Waals surface area contributed by atoms with Gasteiger partial charge < -0.3 is 25.6 Å². The second-order valence-corrected chi connectivity index (χ2v) is 8.44. The average molecular weight is 394 g/mol. The van der Waals surface area contributed by atoms with Crippen molar-refractivity contribution in [2.24, 2.45) is 22.6 Å². The summed E-state index contributed by atoms with van der Waals surface area (Å²) in [6.45, 7) is 3.03. The molecule has 5 rings (SSSR count). The number of piperidine rings is 1. The van der Waals surface area contributed by atoms with E-state index >= 15 is 0 Å². The van der Waals surface area contributed by atoms with E-state index in [2.05, 4.69) is 21.2 Å². The normalized spacial score (nSPS) is 27.0. The van der Waals surface area contributed by atoms with Crippen molar-refractivity contribution < 1.29 is 9.53 Å². The van der Waals surface area contributed by atoms with Crippen molar-refractivity contribution in [3.05, 3.63) is 35.0 Å². The molecule has 0 bridgehead atoms. The molecule has 2 atom stereocenters. The number of hydrogen-bond acceptors (Lipinski definition) is 7. The van der Waals surface area contributed by atoms with Crippen LogP contribution < -0.4 is 11.1 Å². The van der Waals surface area contributed by atoms with Gasteiger partial charge in [0, 0.05) is 31.4 Å². The number of nitrogens with two attached hydrogens (primary N) is 1. The Labute approximate surface area is 170 Å². The zero-order valence-electron chi connectivity index (χ0n) is 16.4. The van der Waals surface area contributed by atoms with Gasteiger partial charge >= 0.3 is 0 Å². The first-order valence-corrected chi connectivity index (χ1v) is 10.5. The summed E-state index contributed by atoms with van der Waals surface area (Å²) < 4.78 is 5.82. The minimum atomic E-state index is -0.383. The summed E-state index contributed by atoms with van der Waals surface area (Å²) in [7, 11) is 0. The summed E-state index contributed by atoms with van der Waals surface area (Å²) in [5, 5.41) is 12.7. The molecule has 3 N–H and O–H groups in total. The number of carbonyl (C=O) groups excluding carboxylic acids is 1. The van der Waals surface area contributed by atoms with E-state index in [1.54, 1.807) is 6.26 Å². The number of ether oxygens (including phenoxy) is 1. The van der Waals surface area contributed by atoms with Crippen LogP contribution in [0.2, 0.25) is 0 Å². The second kappa shape index (κ2) is 7.14. The van der Waals surface area contributed by atoms with Gasteiger partial charge in [-0.3, -0.25) is 4.79 Å². The standard InChI is InChI=1S/C21H26N6O2/c22-8-13-2-1-6-26(10-13)21-24-9-16-17(25-18(20(23)28)14-3-4-14)12-29-11-15-5-7-27(21)19(15)16/h9,12-14,18,25H,1-7,10-11H2,(H2,23,28). The van der Waals surface area contributed by atoms with Crippen molar-refractivity contribution in [3.8, 4) is 6.07 Å². The maximum Gasteiger partial charge on any atom is 0.240 e. The van der Waals surface area contributed by atoms with E-state index < -0.39 is 0 Å². The second-order valence-electron chi connectivity index (χ2n) is 8.44. The molecule has 5 aliphatic rings. The molecule has 1 amide bonds. The van der Waals surface area contributed by atoms with Crippen LogP contribution in [0.3, 0.4) is 0 Å². The minimum absolute atomic E-state index is 0.0531. The third kappa shape index (κ3) is 3.24. The van der Waals surface area contributed by atoms with E-state index in [0.29, 0.717) is 12.5 Å². The lowest BCUT2D eigenvalue weighted by atomic mass is 9.99. The SMILES string of the molecule is N#CC1CCCN(C2=NC=C3C(NC(C(N)=O)C4CC4)=COCC4=C3N2CC4)C1. The Bertz CT molecular complexity index is 891. The fourth-order valence-corrected chi connectivity index (χ4v) is 4.73. The lowest BCUT2D eigenvalue weighted by molar-refractivity contribution is -0.120. The third-order valence-electron chi connectivity index (χ3n) is 6.39. The Morgan fingerprint density at radius 2 is 2.24 bits per heavy atom. The molecule has 1 aliphatic carbocycles. The molecule has 152 valence electrons. The maximum absolute atomic E-state index is 11.9. The van der Waals surface area contributed by atoms with Gasteiger partial charge in [0.1, 0.15) is 18.9 Å². The van der Waals surface area contributed by atoms with E-state index in [9.17, 15) is 10.1 Å². The van der Waals surface area contributed by atoms with Crippen molar-refractivity contribution in [1.29, 1.82) is 5.26 Å². The van der Waals surface area contributed by atoms with Crippen LogP contribution in [-0.4, -0.2) is 53.9 Å². The lowest BCUT2D eigenvalue weighted by Gasteiger charge is -2.39. The van der Waals surface area contributed by atoms with Gasteiger partial charge in [-0.05, 0) is 43.6 Å². The van der Waals surface area contributed by atoms with Gasteiger partial charge in [0.2, 0.25) is 11.9 Å². The molecule has 1 saturated heterocycles. The van der Waals surface area contributed by atoms with Gasteiger partial charge in [-0.2, -0.15) is 5.26 Å². The molecule has 0 aromatic rings. The number of likely N-dealkylation sites (tertiary alicyclic amines) is 1.